The van der Waals surface area contributed by atoms with Crippen LogP contribution in [0.4, 0.5) is 0 Å². The topological polar surface area (TPSA) is 98.5 Å². The molecule has 106 valence electrons. The minimum Gasteiger partial charge on any atom is -0.381 e. The largest absolute Gasteiger partial charge is 0.381 e. The van der Waals surface area contributed by atoms with E-state index in [9.17, 15) is 13.2 Å². The van der Waals surface area contributed by atoms with E-state index in [1.165, 1.54) is 0 Å². The van der Waals surface area contributed by atoms with E-state index in [-0.39, 0.29) is 18.1 Å². The molecule has 18 heavy (non-hydrogen) atoms. The molecule has 0 aromatic carbocycles. The predicted octanol–water partition coefficient (Wildman–Crippen LogP) is -0.709. The van der Waals surface area contributed by atoms with E-state index in [1.54, 1.807) is 0 Å². The van der Waals surface area contributed by atoms with Gasteiger partial charge in [0.15, 0.2) is 0 Å². The highest BCUT2D eigenvalue weighted by Crippen LogP contribution is 2.13. The van der Waals surface area contributed by atoms with Crippen LogP contribution < -0.4 is 11.1 Å². The van der Waals surface area contributed by atoms with Crippen LogP contribution in [0.15, 0.2) is 0 Å². The number of carbonyl (C=O) groups is 1. The van der Waals surface area contributed by atoms with Crippen molar-refractivity contribution >= 4 is 15.7 Å². The molecule has 0 aliphatic carbocycles. The smallest absolute Gasteiger partial charge is 0.236 e. The first kappa shape index (κ1) is 15.4. The Hall–Kier alpha value is -0.660. The van der Waals surface area contributed by atoms with Crippen molar-refractivity contribution in [2.24, 2.45) is 11.7 Å². The van der Waals surface area contributed by atoms with Gasteiger partial charge in [-0.15, -0.1) is 0 Å². The molecule has 1 aliphatic heterocycles. The average Bonchev–Trinajstić information content (AvgIpc) is 2.33. The third-order valence-electron chi connectivity index (χ3n) is 3.04. The van der Waals surface area contributed by atoms with Crippen LogP contribution in [0.1, 0.15) is 19.3 Å². The normalized spacial score (nSPS) is 19.4. The molecule has 1 heterocycles. The summed E-state index contributed by atoms with van der Waals surface area (Å²) in [4.78, 5) is 11.6. The van der Waals surface area contributed by atoms with Crippen molar-refractivity contribution in [1.82, 2.24) is 5.32 Å². The summed E-state index contributed by atoms with van der Waals surface area (Å²) in [5, 5.41) is 2.77. The third-order valence-corrected chi connectivity index (χ3v) is 4.02. The van der Waals surface area contributed by atoms with Gasteiger partial charge in [0.1, 0.15) is 9.84 Å². The number of rotatable bonds is 6. The second kappa shape index (κ2) is 7.06. The second-order valence-electron chi connectivity index (χ2n) is 4.83. The molecule has 0 spiro atoms. The monoisotopic (exact) mass is 278 g/mol. The summed E-state index contributed by atoms with van der Waals surface area (Å²) >= 11 is 0. The van der Waals surface area contributed by atoms with Gasteiger partial charge in [-0.3, -0.25) is 4.79 Å². The Kier molecular flexibility index (Phi) is 6.04. The van der Waals surface area contributed by atoms with Gasteiger partial charge in [-0.25, -0.2) is 8.42 Å². The summed E-state index contributed by atoms with van der Waals surface area (Å²) in [5.41, 5.74) is 5.64. The van der Waals surface area contributed by atoms with Crippen LogP contribution in [-0.4, -0.2) is 52.1 Å². The summed E-state index contributed by atoms with van der Waals surface area (Å²) in [7, 11) is -3.06. The lowest BCUT2D eigenvalue weighted by Gasteiger charge is -2.23. The van der Waals surface area contributed by atoms with Gasteiger partial charge >= 0.3 is 0 Å². The van der Waals surface area contributed by atoms with Crippen molar-refractivity contribution in [2.75, 3.05) is 31.8 Å². The first-order valence-corrected chi connectivity index (χ1v) is 8.23. The zero-order valence-electron chi connectivity index (χ0n) is 10.7. The van der Waals surface area contributed by atoms with E-state index in [2.05, 4.69) is 5.32 Å². The van der Waals surface area contributed by atoms with Gasteiger partial charge in [-0.1, -0.05) is 0 Å². The Labute approximate surface area is 108 Å². The molecule has 1 atom stereocenters. The zero-order valence-corrected chi connectivity index (χ0v) is 11.5. The molecule has 6 nitrogen and oxygen atoms in total. The molecule has 3 N–H and O–H groups in total. The van der Waals surface area contributed by atoms with Crippen molar-refractivity contribution in [1.29, 1.82) is 0 Å². The van der Waals surface area contributed by atoms with Crippen LogP contribution >= 0.6 is 0 Å². The summed E-state index contributed by atoms with van der Waals surface area (Å²) in [6, 6.07) is -0.750. The van der Waals surface area contributed by atoms with Crippen molar-refractivity contribution in [3.8, 4) is 0 Å². The highest BCUT2D eigenvalue weighted by Gasteiger charge is 2.18. The Morgan fingerprint density at radius 3 is 2.61 bits per heavy atom. The number of sulfone groups is 1. The van der Waals surface area contributed by atoms with Gasteiger partial charge in [0.05, 0.1) is 11.8 Å². The Morgan fingerprint density at radius 2 is 2.06 bits per heavy atom. The molecule has 0 aromatic heterocycles. The van der Waals surface area contributed by atoms with E-state index < -0.39 is 15.9 Å². The van der Waals surface area contributed by atoms with Crippen molar-refractivity contribution < 1.29 is 17.9 Å². The number of amides is 1. The number of hydrogen-bond donors (Lipinski definition) is 2. The lowest BCUT2D eigenvalue weighted by atomic mass is 10.0. The standard InChI is InChI=1S/C11H22N2O4S/c1-18(15,16)7-4-10(12)11(14)13-8-9-2-5-17-6-3-9/h9-10H,2-8,12H2,1H3,(H,13,14). The molecular formula is C11H22N2O4S. The number of ether oxygens (including phenoxy) is 1. The van der Waals surface area contributed by atoms with E-state index in [0.717, 1.165) is 32.3 Å². The second-order valence-corrected chi connectivity index (χ2v) is 7.09. The van der Waals surface area contributed by atoms with Gasteiger partial charge in [-0.05, 0) is 25.2 Å². The van der Waals surface area contributed by atoms with Crippen molar-refractivity contribution in [2.45, 2.75) is 25.3 Å². The Morgan fingerprint density at radius 1 is 1.44 bits per heavy atom. The molecule has 1 saturated heterocycles. The molecule has 0 radical (unpaired) electrons. The van der Waals surface area contributed by atoms with Gasteiger partial charge in [0, 0.05) is 26.0 Å². The summed E-state index contributed by atoms with van der Waals surface area (Å²) < 4.78 is 27.2. The molecule has 1 unspecified atom stereocenters. The SMILES string of the molecule is CS(=O)(=O)CCC(N)C(=O)NCC1CCOCC1. The molecule has 1 aliphatic rings. The first-order valence-electron chi connectivity index (χ1n) is 6.17. The molecular weight excluding hydrogens is 256 g/mol. The lowest BCUT2D eigenvalue weighted by Crippen LogP contribution is -2.43. The molecule has 0 saturated carbocycles. The van der Waals surface area contributed by atoms with Crippen LogP contribution in [0.3, 0.4) is 0 Å². The lowest BCUT2D eigenvalue weighted by molar-refractivity contribution is -0.122. The van der Waals surface area contributed by atoms with E-state index in [4.69, 9.17) is 10.5 Å². The van der Waals surface area contributed by atoms with Gasteiger partial charge in [-0.2, -0.15) is 0 Å². The third kappa shape index (κ3) is 6.32. The molecule has 1 rings (SSSR count). The number of nitrogens with one attached hydrogen (secondary N) is 1. The summed E-state index contributed by atoms with van der Waals surface area (Å²) in [6.45, 7) is 2.07. The highest BCUT2D eigenvalue weighted by atomic mass is 32.2. The molecule has 0 aromatic rings. The van der Waals surface area contributed by atoms with Crippen LogP contribution in [0.5, 0.6) is 0 Å². The number of hydrogen-bond acceptors (Lipinski definition) is 5. The number of nitrogens with two attached hydrogens (primary N) is 1. The minimum atomic E-state index is -3.06. The van der Waals surface area contributed by atoms with E-state index in [1.807, 2.05) is 0 Å². The number of carbonyl (C=O) groups excluding carboxylic acids is 1. The van der Waals surface area contributed by atoms with Gasteiger partial charge in [0.2, 0.25) is 5.91 Å². The maximum atomic E-state index is 11.6. The minimum absolute atomic E-state index is 0.0567. The fraction of sp³-hybridized carbons (Fsp3) is 0.909. The fourth-order valence-electron chi connectivity index (χ4n) is 1.80. The maximum absolute atomic E-state index is 11.6. The van der Waals surface area contributed by atoms with E-state index >= 15 is 0 Å². The zero-order chi connectivity index (χ0) is 13.6. The fourth-order valence-corrected chi connectivity index (χ4v) is 2.48. The first-order chi connectivity index (χ1) is 8.38. The van der Waals surface area contributed by atoms with Crippen molar-refractivity contribution in [3.05, 3.63) is 0 Å². The van der Waals surface area contributed by atoms with Crippen LogP contribution in [0.2, 0.25) is 0 Å². The predicted molar refractivity (Wildman–Crippen MR) is 68.9 cm³/mol. The highest BCUT2D eigenvalue weighted by molar-refractivity contribution is 7.90. The quantitative estimate of drug-likeness (QED) is 0.669. The Bertz CT molecular complexity index is 363. The molecule has 1 amide bonds. The molecule has 1 fully saturated rings. The molecule has 0 bridgehead atoms. The summed E-state index contributed by atoms with van der Waals surface area (Å²) in [5.74, 6) is 0.105. The van der Waals surface area contributed by atoms with Crippen LogP contribution in [0, 0.1) is 5.92 Å². The average molecular weight is 278 g/mol. The van der Waals surface area contributed by atoms with Gasteiger partial charge < -0.3 is 15.8 Å². The van der Waals surface area contributed by atoms with Crippen LogP contribution in [-0.2, 0) is 19.4 Å². The Balaban J connectivity index is 2.22. The van der Waals surface area contributed by atoms with Gasteiger partial charge in [0.25, 0.3) is 0 Å². The molecule has 7 heteroatoms. The van der Waals surface area contributed by atoms with E-state index in [0.29, 0.717) is 12.5 Å². The van der Waals surface area contributed by atoms with Crippen molar-refractivity contribution in [3.63, 3.8) is 0 Å². The van der Waals surface area contributed by atoms with Crippen LogP contribution in [0.25, 0.3) is 0 Å². The maximum Gasteiger partial charge on any atom is 0.236 e. The summed E-state index contributed by atoms with van der Waals surface area (Å²) in [6.07, 6.45) is 3.19.